The van der Waals surface area contributed by atoms with Gasteiger partial charge in [0, 0.05) is 12.6 Å². The maximum Gasteiger partial charge on any atom is 0.279 e. The Bertz CT molecular complexity index is 1310. The molecule has 6 heteroatoms. The van der Waals surface area contributed by atoms with Gasteiger partial charge in [0.1, 0.15) is 6.61 Å². The lowest BCUT2D eigenvalue weighted by atomic mass is 9.96. The predicted molar refractivity (Wildman–Crippen MR) is 145 cm³/mol. The van der Waals surface area contributed by atoms with Gasteiger partial charge in [0.05, 0.1) is 6.20 Å². The lowest BCUT2D eigenvalue weighted by Crippen LogP contribution is -2.40. The van der Waals surface area contributed by atoms with Crippen molar-refractivity contribution in [3.8, 4) is 5.75 Å². The molecule has 1 aromatic heterocycles. The van der Waals surface area contributed by atoms with Gasteiger partial charge < -0.3 is 9.64 Å². The molecule has 0 aliphatic rings. The number of amides is 1. The SMILES string of the molecule is C=C/C=C(C=C)/C(=C/CN(C(=O)c1n[nH]cc(OCc2ccccc2)c1=O)C(C)C)c1ccccc1. The number of carbonyl (C=O) groups excluding carboxylic acids is 1. The largest absolute Gasteiger partial charge is 0.483 e. The molecule has 0 aliphatic heterocycles. The zero-order chi connectivity index (χ0) is 25.9. The van der Waals surface area contributed by atoms with Crippen LogP contribution in [0.5, 0.6) is 5.75 Å². The molecule has 0 spiro atoms. The van der Waals surface area contributed by atoms with Crippen LogP contribution >= 0.6 is 0 Å². The van der Waals surface area contributed by atoms with Crippen LogP contribution in [0.3, 0.4) is 0 Å². The Kier molecular flexibility index (Phi) is 9.34. The minimum Gasteiger partial charge on any atom is -0.483 e. The van der Waals surface area contributed by atoms with Crippen LogP contribution < -0.4 is 10.2 Å². The second kappa shape index (κ2) is 12.9. The molecule has 0 unspecified atom stereocenters. The van der Waals surface area contributed by atoms with Crippen molar-refractivity contribution in [2.75, 3.05) is 6.54 Å². The third-order valence-corrected chi connectivity index (χ3v) is 5.54. The topological polar surface area (TPSA) is 75.3 Å². The maximum atomic E-state index is 13.5. The Labute approximate surface area is 212 Å². The van der Waals surface area contributed by atoms with E-state index in [0.717, 1.165) is 22.3 Å². The van der Waals surface area contributed by atoms with Crippen molar-refractivity contribution in [1.29, 1.82) is 0 Å². The minimum absolute atomic E-state index is 0.0456. The summed E-state index contributed by atoms with van der Waals surface area (Å²) in [6.45, 7) is 12.0. The molecule has 36 heavy (non-hydrogen) atoms. The molecule has 1 heterocycles. The number of rotatable bonds is 11. The highest BCUT2D eigenvalue weighted by Crippen LogP contribution is 2.24. The standard InChI is InChI=1S/C30H31N3O3/c1-5-13-24(6-2)26(25-16-11-8-12-17-25)18-19-33(22(3)4)30(35)28-29(34)27(20-31-32-28)36-21-23-14-9-7-10-15-23/h5-18,20,22H,1-2,19,21H2,3-4H3,(H,31,34)/b24-13+,26-18-. The average molecular weight is 482 g/mol. The number of ether oxygens (including phenoxy) is 1. The summed E-state index contributed by atoms with van der Waals surface area (Å²) < 4.78 is 5.69. The lowest BCUT2D eigenvalue weighted by molar-refractivity contribution is 0.0719. The highest BCUT2D eigenvalue weighted by molar-refractivity contribution is 5.93. The molecule has 184 valence electrons. The third-order valence-electron chi connectivity index (χ3n) is 5.54. The first-order valence-electron chi connectivity index (χ1n) is 11.7. The van der Waals surface area contributed by atoms with E-state index < -0.39 is 11.3 Å². The van der Waals surface area contributed by atoms with E-state index in [-0.39, 0.29) is 30.6 Å². The van der Waals surface area contributed by atoms with Crippen LogP contribution in [0.1, 0.15) is 35.5 Å². The minimum atomic E-state index is -0.550. The monoisotopic (exact) mass is 481 g/mol. The summed E-state index contributed by atoms with van der Waals surface area (Å²) in [4.78, 5) is 28.1. The molecule has 3 rings (SSSR count). The molecule has 0 atom stereocenters. The second-order valence-electron chi connectivity index (χ2n) is 8.30. The fourth-order valence-electron chi connectivity index (χ4n) is 3.64. The first-order chi connectivity index (χ1) is 17.5. The van der Waals surface area contributed by atoms with Gasteiger partial charge in [-0.25, -0.2) is 0 Å². The van der Waals surface area contributed by atoms with Crippen LogP contribution in [0, 0.1) is 0 Å². The summed E-state index contributed by atoms with van der Waals surface area (Å²) in [6.07, 6.45) is 8.64. The van der Waals surface area contributed by atoms with Crippen molar-refractivity contribution in [2.24, 2.45) is 0 Å². The number of aromatic nitrogens is 2. The molecule has 0 radical (unpaired) electrons. The number of H-pyrrole nitrogens is 1. The molecular formula is C30H31N3O3. The number of carbonyl (C=O) groups is 1. The molecule has 3 aromatic rings. The Hall–Kier alpha value is -4.45. The van der Waals surface area contributed by atoms with Gasteiger partial charge in [-0.05, 0) is 36.1 Å². The van der Waals surface area contributed by atoms with Crippen LogP contribution in [0.15, 0.2) is 115 Å². The van der Waals surface area contributed by atoms with Crippen LogP contribution in [-0.4, -0.2) is 33.6 Å². The zero-order valence-corrected chi connectivity index (χ0v) is 20.7. The summed E-state index contributed by atoms with van der Waals surface area (Å²) in [7, 11) is 0. The molecule has 1 N–H and O–H groups in total. The van der Waals surface area contributed by atoms with Crippen molar-refractivity contribution >= 4 is 11.5 Å². The molecule has 0 fully saturated rings. The lowest BCUT2D eigenvalue weighted by Gasteiger charge is -2.25. The molecule has 0 saturated heterocycles. The van der Waals surface area contributed by atoms with Crippen LogP contribution in [-0.2, 0) is 6.61 Å². The van der Waals surface area contributed by atoms with Crippen molar-refractivity contribution in [3.05, 3.63) is 137 Å². The Morgan fingerprint density at radius 2 is 1.75 bits per heavy atom. The van der Waals surface area contributed by atoms with Gasteiger partial charge in [-0.1, -0.05) is 98.1 Å². The van der Waals surface area contributed by atoms with Gasteiger partial charge >= 0.3 is 0 Å². The molecule has 2 aromatic carbocycles. The Morgan fingerprint density at radius 3 is 2.36 bits per heavy atom. The number of hydrogen-bond donors (Lipinski definition) is 1. The molecule has 0 saturated carbocycles. The Morgan fingerprint density at radius 1 is 1.08 bits per heavy atom. The van der Waals surface area contributed by atoms with Gasteiger partial charge in [0.15, 0.2) is 11.4 Å². The maximum absolute atomic E-state index is 13.5. The Balaban J connectivity index is 1.90. The van der Waals surface area contributed by atoms with E-state index >= 15 is 0 Å². The number of nitrogens with zero attached hydrogens (tertiary/aromatic N) is 2. The van der Waals surface area contributed by atoms with Gasteiger partial charge in [0.25, 0.3) is 11.3 Å². The average Bonchev–Trinajstić information content (AvgIpc) is 2.90. The summed E-state index contributed by atoms with van der Waals surface area (Å²) in [5.41, 5.74) is 2.91. The van der Waals surface area contributed by atoms with E-state index in [2.05, 4.69) is 23.4 Å². The number of allylic oxidation sites excluding steroid dienone is 5. The molecule has 1 amide bonds. The normalized spacial score (nSPS) is 11.8. The quantitative estimate of drug-likeness (QED) is 0.363. The van der Waals surface area contributed by atoms with Crippen LogP contribution in [0.2, 0.25) is 0 Å². The van der Waals surface area contributed by atoms with E-state index in [1.165, 1.54) is 6.20 Å². The number of benzene rings is 2. The highest BCUT2D eigenvalue weighted by Gasteiger charge is 2.24. The first kappa shape index (κ1) is 26.2. The van der Waals surface area contributed by atoms with E-state index in [1.54, 1.807) is 17.1 Å². The predicted octanol–water partition coefficient (Wildman–Crippen LogP) is 5.58. The van der Waals surface area contributed by atoms with Gasteiger partial charge in [-0.15, -0.1) is 0 Å². The smallest absolute Gasteiger partial charge is 0.279 e. The third kappa shape index (κ3) is 6.57. The molecule has 0 bridgehead atoms. The van der Waals surface area contributed by atoms with Crippen LogP contribution in [0.25, 0.3) is 5.57 Å². The fourth-order valence-corrected chi connectivity index (χ4v) is 3.64. The van der Waals surface area contributed by atoms with Crippen molar-refractivity contribution in [1.82, 2.24) is 15.1 Å². The van der Waals surface area contributed by atoms with Gasteiger partial charge in [0.2, 0.25) is 0 Å². The summed E-state index contributed by atoms with van der Waals surface area (Å²) in [6, 6.07) is 19.1. The fraction of sp³-hybridized carbons (Fsp3) is 0.167. The molecule has 6 nitrogen and oxygen atoms in total. The molecule has 0 aliphatic carbocycles. The van der Waals surface area contributed by atoms with E-state index in [1.807, 2.05) is 86.7 Å². The van der Waals surface area contributed by atoms with Crippen LogP contribution in [0.4, 0.5) is 0 Å². The number of hydrogen-bond acceptors (Lipinski definition) is 4. The van der Waals surface area contributed by atoms with E-state index in [9.17, 15) is 9.59 Å². The molecular weight excluding hydrogens is 450 g/mol. The van der Waals surface area contributed by atoms with Crippen molar-refractivity contribution in [3.63, 3.8) is 0 Å². The van der Waals surface area contributed by atoms with E-state index in [4.69, 9.17) is 4.74 Å². The zero-order valence-electron chi connectivity index (χ0n) is 20.7. The number of aromatic amines is 1. The second-order valence-corrected chi connectivity index (χ2v) is 8.30. The number of nitrogens with one attached hydrogen (secondary N) is 1. The van der Waals surface area contributed by atoms with E-state index in [0.29, 0.717) is 0 Å². The summed E-state index contributed by atoms with van der Waals surface area (Å²) in [5.74, 6) is -0.433. The summed E-state index contributed by atoms with van der Waals surface area (Å²) >= 11 is 0. The first-order valence-corrected chi connectivity index (χ1v) is 11.7. The highest BCUT2D eigenvalue weighted by atomic mass is 16.5. The van der Waals surface area contributed by atoms with Gasteiger partial charge in [-0.3, -0.25) is 14.7 Å². The van der Waals surface area contributed by atoms with Crippen molar-refractivity contribution < 1.29 is 9.53 Å². The van der Waals surface area contributed by atoms with Gasteiger partial charge in [-0.2, -0.15) is 5.10 Å². The summed E-state index contributed by atoms with van der Waals surface area (Å²) in [5, 5.41) is 6.64. The van der Waals surface area contributed by atoms with Crippen molar-refractivity contribution in [2.45, 2.75) is 26.5 Å².